The van der Waals surface area contributed by atoms with Crippen LogP contribution in [0.1, 0.15) is 63.6 Å². The second kappa shape index (κ2) is 21.5. The summed E-state index contributed by atoms with van der Waals surface area (Å²) < 4.78 is 5.49. The van der Waals surface area contributed by atoms with Gasteiger partial charge < -0.3 is 36.2 Å². The maximum atomic E-state index is 14.3. The van der Waals surface area contributed by atoms with Crippen LogP contribution >= 0.6 is 0 Å². The van der Waals surface area contributed by atoms with E-state index in [0.29, 0.717) is 6.42 Å². The van der Waals surface area contributed by atoms with E-state index in [1.807, 2.05) is 100 Å². The van der Waals surface area contributed by atoms with Gasteiger partial charge in [-0.2, -0.15) is 0 Å². The van der Waals surface area contributed by atoms with Crippen molar-refractivity contribution < 1.29 is 34.1 Å². The van der Waals surface area contributed by atoms with Gasteiger partial charge in [0, 0.05) is 25.2 Å². The van der Waals surface area contributed by atoms with Crippen molar-refractivity contribution in [2.45, 2.75) is 96.7 Å². The van der Waals surface area contributed by atoms with E-state index in [4.69, 9.17) is 4.74 Å². The number of nitrogens with zero attached hydrogens (tertiary/aromatic N) is 1. The van der Waals surface area contributed by atoms with Gasteiger partial charge in [-0.1, -0.05) is 107 Å². The number of aliphatic hydroxyl groups is 2. The van der Waals surface area contributed by atoms with Crippen molar-refractivity contribution in [1.82, 2.24) is 26.3 Å². The van der Waals surface area contributed by atoms with E-state index in [1.54, 1.807) is 24.5 Å². The van der Waals surface area contributed by atoms with Gasteiger partial charge in [-0.3, -0.25) is 19.4 Å². The van der Waals surface area contributed by atoms with Crippen molar-refractivity contribution in [3.8, 4) is 0 Å². The van der Waals surface area contributed by atoms with Gasteiger partial charge in [0.05, 0.1) is 31.2 Å². The SMILES string of the molecule is CC[C@H](C)[C@@H](CO)NC(=O)C[C@H](O)[C@H](CC(C)C)NC(=O)C(Cc1ccncc1)NC(=O)[C@H](Cc1cccc2ccccc12)NC(=O)OCc1ccccc1. The molecule has 0 fully saturated rings. The molecule has 294 valence electrons. The van der Waals surface area contributed by atoms with Crippen LogP contribution in [0, 0.1) is 11.8 Å². The number of benzene rings is 3. The average molecular weight is 754 g/mol. The van der Waals surface area contributed by atoms with E-state index >= 15 is 0 Å². The van der Waals surface area contributed by atoms with Crippen LogP contribution in [0.25, 0.3) is 10.8 Å². The molecule has 1 unspecified atom stereocenters. The minimum absolute atomic E-state index is 0.00176. The van der Waals surface area contributed by atoms with Crippen LogP contribution in [0.2, 0.25) is 0 Å². The highest BCUT2D eigenvalue weighted by Gasteiger charge is 2.32. The van der Waals surface area contributed by atoms with Gasteiger partial charge in [-0.25, -0.2) is 4.79 Å². The van der Waals surface area contributed by atoms with Crippen molar-refractivity contribution in [2.24, 2.45) is 11.8 Å². The lowest BCUT2D eigenvalue weighted by atomic mass is 9.95. The Morgan fingerprint density at radius 3 is 2.07 bits per heavy atom. The molecule has 1 aromatic heterocycles. The fraction of sp³-hybridized carbons (Fsp3) is 0.419. The van der Waals surface area contributed by atoms with E-state index in [2.05, 4.69) is 26.3 Å². The quantitative estimate of drug-likeness (QED) is 0.0758. The molecule has 4 aromatic rings. The summed E-state index contributed by atoms with van der Waals surface area (Å²) in [6.45, 7) is 7.52. The molecule has 4 amide bonds. The van der Waals surface area contributed by atoms with E-state index in [0.717, 1.165) is 33.9 Å². The highest BCUT2D eigenvalue weighted by Crippen LogP contribution is 2.21. The van der Waals surface area contributed by atoms with Crippen molar-refractivity contribution in [3.63, 3.8) is 0 Å². The third-order valence-corrected chi connectivity index (χ3v) is 9.73. The van der Waals surface area contributed by atoms with Gasteiger partial charge in [0.25, 0.3) is 0 Å². The highest BCUT2D eigenvalue weighted by atomic mass is 16.5. The molecule has 6 N–H and O–H groups in total. The highest BCUT2D eigenvalue weighted by molar-refractivity contribution is 5.93. The van der Waals surface area contributed by atoms with Crippen LogP contribution in [0.5, 0.6) is 0 Å². The summed E-state index contributed by atoms with van der Waals surface area (Å²) in [4.78, 5) is 58.6. The average Bonchev–Trinajstić information content (AvgIpc) is 3.18. The molecule has 0 radical (unpaired) electrons. The molecule has 1 heterocycles. The largest absolute Gasteiger partial charge is 0.445 e. The topological polar surface area (TPSA) is 179 Å². The fourth-order valence-electron chi connectivity index (χ4n) is 6.40. The Hall–Kier alpha value is -5.33. The predicted octanol–water partition coefficient (Wildman–Crippen LogP) is 4.60. The van der Waals surface area contributed by atoms with Crippen molar-refractivity contribution in [2.75, 3.05) is 6.61 Å². The Labute approximate surface area is 323 Å². The van der Waals surface area contributed by atoms with Crippen LogP contribution in [0.4, 0.5) is 4.79 Å². The molecule has 0 bridgehead atoms. The second-order valence-corrected chi connectivity index (χ2v) is 14.5. The molecule has 55 heavy (non-hydrogen) atoms. The monoisotopic (exact) mass is 753 g/mol. The molecule has 3 aromatic carbocycles. The fourth-order valence-corrected chi connectivity index (χ4v) is 6.40. The Bertz CT molecular complexity index is 1820. The van der Waals surface area contributed by atoms with Gasteiger partial charge in [-0.15, -0.1) is 0 Å². The van der Waals surface area contributed by atoms with Crippen molar-refractivity contribution in [3.05, 3.63) is 114 Å². The summed E-state index contributed by atoms with van der Waals surface area (Å²) in [6, 6.07) is 22.6. The molecule has 0 aliphatic carbocycles. The van der Waals surface area contributed by atoms with Crippen LogP contribution < -0.4 is 21.3 Å². The molecule has 0 saturated heterocycles. The molecule has 0 aliphatic heterocycles. The molecular weight excluding hydrogens is 699 g/mol. The minimum Gasteiger partial charge on any atom is -0.445 e. The van der Waals surface area contributed by atoms with Crippen molar-refractivity contribution in [1.29, 1.82) is 0 Å². The number of carbonyl (C=O) groups is 4. The number of aliphatic hydroxyl groups excluding tert-OH is 2. The zero-order chi connectivity index (χ0) is 39.7. The molecule has 0 saturated carbocycles. The van der Waals surface area contributed by atoms with Gasteiger partial charge in [0.2, 0.25) is 17.7 Å². The number of ether oxygens (including phenoxy) is 1. The number of rotatable bonds is 20. The first kappa shape index (κ1) is 42.4. The molecular formula is C43H55N5O7. The maximum Gasteiger partial charge on any atom is 0.408 e. The summed E-state index contributed by atoms with van der Waals surface area (Å²) in [5, 5.41) is 34.3. The molecule has 4 rings (SSSR count). The number of hydrogen-bond donors (Lipinski definition) is 6. The summed E-state index contributed by atoms with van der Waals surface area (Å²) >= 11 is 0. The van der Waals surface area contributed by atoms with E-state index in [-0.39, 0.29) is 44.3 Å². The number of fused-ring (bicyclic) bond motifs is 1. The first-order chi connectivity index (χ1) is 26.5. The third-order valence-electron chi connectivity index (χ3n) is 9.73. The smallest absolute Gasteiger partial charge is 0.408 e. The Kier molecular flexibility index (Phi) is 16.6. The maximum absolute atomic E-state index is 14.3. The van der Waals surface area contributed by atoms with Crippen LogP contribution in [0.3, 0.4) is 0 Å². The zero-order valence-corrected chi connectivity index (χ0v) is 32.1. The van der Waals surface area contributed by atoms with Gasteiger partial charge >= 0.3 is 6.09 Å². The number of hydrogen-bond acceptors (Lipinski definition) is 8. The van der Waals surface area contributed by atoms with E-state index in [9.17, 15) is 29.4 Å². The standard InChI is InChI=1S/C43H55N5O7/c1-5-29(4)38(26-49)45-40(51)25-39(50)35(22-28(2)3)46-41(52)36(23-30-18-20-44-21-19-30)47-42(53)37(48-43(54)55-27-31-12-7-6-8-13-31)24-33-16-11-15-32-14-9-10-17-34(32)33/h6-21,28-29,35-39,49-50H,5,22-27H2,1-4H3,(H,45,51)(H,46,52)(H,47,53)(H,48,54)/t29-,35-,36?,37-,38+,39-/m0/s1. The first-order valence-electron chi connectivity index (χ1n) is 19.0. The lowest BCUT2D eigenvalue weighted by molar-refractivity contribution is -0.131. The zero-order valence-electron chi connectivity index (χ0n) is 32.1. The summed E-state index contributed by atoms with van der Waals surface area (Å²) in [6.07, 6.45) is 2.11. The lowest BCUT2D eigenvalue weighted by Crippen LogP contribution is -2.57. The number of pyridine rings is 1. The van der Waals surface area contributed by atoms with Crippen LogP contribution in [0.15, 0.2) is 97.3 Å². The van der Waals surface area contributed by atoms with Gasteiger partial charge in [0.15, 0.2) is 0 Å². The molecule has 6 atom stereocenters. The molecule has 12 heteroatoms. The number of aromatic nitrogens is 1. The van der Waals surface area contributed by atoms with Crippen LogP contribution in [-0.4, -0.2) is 75.9 Å². The number of amides is 4. The summed E-state index contributed by atoms with van der Waals surface area (Å²) in [7, 11) is 0. The second-order valence-electron chi connectivity index (χ2n) is 14.5. The van der Waals surface area contributed by atoms with Crippen LogP contribution in [-0.2, 0) is 38.6 Å². The number of nitrogens with one attached hydrogen (secondary N) is 4. The summed E-state index contributed by atoms with van der Waals surface area (Å²) in [5.74, 6) is -1.56. The van der Waals surface area contributed by atoms with E-state index in [1.165, 1.54) is 0 Å². The van der Waals surface area contributed by atoms with Gasteiger partial charge in [0.1, 0.15) is 18.7 Å². The third kappa shape index (κ3) is 13.5. The Morgan fingerprint density at radius 2 is 1.38 bits per heavy atom. The molecule has 0 spiro atoms. The predicted molar refractivity (Wildman–Crippen MR) is 212 cm³/mol. The van der Waals surface area contributed by atoms with E-state index < -0.39 is 54.1 Å². The normalized spacial score (nSPS) is 14.5. The Morgan fingerprint density at radius 1 is 0.727 bits per heavy atom. The number of carbonyl (C=O) groups excluding carboxylic acids is 4. The minimum atomic E-state index is -1.25. The summed E-state index contributed by atoms with van der Waals surface area (Å²) in [5.41, 5.74) is 2.31. The first-order valence-corrected chi connectivity index (χ1v) is 19.0. The number of alkyl carbamates (subject to hydrolysis) is 1. The molecule has 12 nitrogen and oxygen atoms in total. The lowest BCUT2D eigenvalue weighted by Gasteiger charge is -2.29. The molecule has 0 aliphatic rings. The van der Waals surface area contributed by atoms with Crippen molar-refractivity contribution >= 4 is 34.6 Å². The van der Waals surface area contributed by atoms with Gasteiger partial charge in [-0.05, 0) is 57.9 Å². The Balaban J connectivity index is 1.57.